The number of hydrogen-bond acceptors (Lipinski definition) is 2. The van der Waals surface area contributed by atoms with Gasteiger partial charge in [0.2, 0.25) is 0 Å². The lowest BCUT2D eigenvalue weighted by Gasteiger charge is -2.42. The molecule has 1 rings (SSSR count). The molecule has 0 spiro atoms. The molecular weight excluding hydrogens is 557 g/mol. The summed E-state index contributed by atoms with van der Waals surface area (Å²) in [4.78, 5) is 0. The largest absolute Gasteiger partial charge is 0.493 e. The molecule has 0 saturated carbocycles. The van der Waals surface area contributed by atoms with E-state index < -0.39 is 65.0 Å². The Bertz CT molecular complexity index is 936. The summed E-state index contributed by atoms with van der Waals surface area (Å²) in [5, 5.41) is 10.4. The zero-order valence-electron chi connectivity index (χ0n) is 18.8. The molecule has 1 atom stereocenters. The zero-order valence-corrected chi connectivity index (χ0v) is 18.8. The van der Waals surface area contributed by atoms with Gasteiger partial charge in [-0.2, -0.15) is 65.9 Å². The van der Waals surface area contributed by atoms with Crippen molar-refractivity contribution in [3.05, 3.63) is 29.8 Å². The van der Waals surface area contributed by atoms with Gasteiger partial charge in [0, 0.05) is 5.56 Å². The van der Waals surface area contributed by atoms with Crippen molar-refractivity contribution in [1.29, 1.82) is 0 Å². The summed E-state index contributed by atoms with van der Waals surface area (Å²) in [5.74, 6) is -47.9. The molecule has 1 aromatic carbocycles. The molecule has 0 aliphatic carbocycles. The second-order valence-electron chi connectivity index (χ2n) is 8.73. The van der Waals surface area contributed by atoms with E-state index in [0.29, 0.717) is 6.92 Å². The Hall–Kier alpha value is -2.07. The molecule has 216 valence electrons. The van der Waals surface area contributed by atoms with Gasteiger partial charge in [0.05, 0.1) is 18.6 Å². The van der Waals surface area contributed by atoms with Crippen LogP contribution in [0.1, 0.15) is 32.8 Å². The monoisotopic (exact) mass is 576 g/mol. The van der Waals surface area contributed by atoms with Gasteiger partial charge in [-0.05, 0) is 18.9 Å². The Morgan fingerprint density at radius 1 is 0.676 bits per heavy atom. The minimum atomic E-state index is -8.38. The van der Waals surface area contributed by atoms with Crippen molar-refractivity contribution in [2.45, 2.75) is 74.5 Å². The van der Waals surface area contributed by atoms with E-state index in [1.54, 1.807) is 13.8 Å². The number of halogens is 15. The van der Waals surface area contributed by atoms with Crippen LogP contribution in [0.4, 0.5) is 65.9 Å². The van der Waals surface area contributed by atoms with E-state index in [0.717, 1.165) is 18.2 Å². The summed E-state index contributed by atoms with van der Waals surface area (Å²) in [7, 11) is 0. The molecule has 0 fully saturated rings. The Morgan fingerprint density at radius 2 is 1.08 bits per heavy atom. The summed E-state index contributed by atoms with van der Waals surface area (Å²) in [6, 6.07) is 3.99. The lowest BCUT2D eigenvalue weighted by molar-refractivity contribution is -0.453. The fraction of sp³-hybridized carbons (Fsp3) is 0.700. The van der Waals surface area contributed by atoms with Gasteiger partial charge in [-0.3, -0.25) is 0 Å². The van der Waals surface area contributed by atoms with Gasteiger partial charge >= 0.3 is 41.7 Å². The van der Waals surface area contributed by atoms with Crippen molar-refractivity contribution in [2.24, 2.45) is 5.92 Å². The van der Waals surface area contributed by atoms with Gasteiger partial charge < -0.3 is 9.84 Å². The normalized spacial score (nSPS) is 16.6. The van der Waals surface area contributed by atoms with Gasteiger partial charge in [-0.15, -0.1) is 0 Å². The molecular formula is C20H19F15O2. The molecule has 0 saturated heterocycles. The van der Waals surface area contributed by atoms with Crippen LogP contribution in [0.5, 0.6) is 5.75 Å². The van der Waals surface area contributed by atoms with Gasteiger partial charge in [-0.1, -0.05) is 32.0 Å². The smallest absolute Gasteiger partial charge is 0.460 e. The molecule has 1 N–H and O–H groups in total. The van der Waals surface area contributed by atoms with Crippen molar-refractivity contribution in [3.8, 4) is 5.75 Å². The summed E-state index contributed by atoms with van der Waals surface area (Å²) >= 11 is 0. The summed E-state index contributed by atoms with van der Waals surface area (Å²) in [6.45, 7) is 3.33. The maximum absolute atomic E-state index is 14.4. The van der Waals surface area contributed by atoms with E-state index in [4.69, 9.17) is 4.74 Å². The molecule has 0 aromatic heterocycles. The molecule has 17 heteroatoms. The number of rotatable bonds is 11. The molecule has 0 aliphatic rings. The first-order chi connectivity index (χ1) is 16.1. The lowest BCUT2D eigenvalue weighted by atomic mass is 9.83. The van der Waals surface area contributed by atoms with Gasteiger partial charge in [-0.25, -0.2) is 0 Å². The van der Waals surface area contributed by atoms with Gasteiger partial charge in [0.1, 0.15) is 5.75 Å². The highest BCUT2D eigenvalue weighted by atomic mass is 19.4. The van der Waals surface area contributed by atoms with Crippen molar-refractivity contribution in [1.82, 2.24) is 0 Å². The fourth-order valence-corrected chi connectivity index (χ4v) is 2.93. The van der Waals surface area contributed by atoms with E-state index >= 15 is 0 Å². The summed E-state index contributed by atoms with van der Waals surface area (Å²) < 4.78 is 206. The van der Waals surface area contributed by atoms with Crippen LogP contribution >= 0.6 is 0 Å². The third-order valence-corrected chi connectivity index (χ3v) is 5.00. The van der Waals surface area contributed by atoms with E-state index in [1.807, 2.05) is 0 Å². The first-order valence-electron chi connectivity index (χ1n) is 9.90. The second-order valence-corrected chi connectivity index (χ2v) is 8.73. The first kappa shape index (κ1) is 33.0. The third-order valence-electron chi connectivity index (χ3n) is 5.00. The molecule has 1 aromatic rings. The molecule has 0 amide bonds. The van der Waals surface area contributed by atoms with Crippen LogP contribution in [0.25, 0.3) is 0 Å². The molecule has 0 radical (unpaired) electrons. The minimum Gasteiger partial charge on any atom is -0.493 e. The number of para-hydroxylation sites is 1. The molecule has 0 bridgehead atoms. The average Bonchev–Trinajstić information content (AvgIpc) is 2.70. The molecule has 0 heterocycles. The Morgan fingerprint density at radius 3 is 1.51 bits per heavy atom. The van der Waals surface area contributed by atoms with Crippen LogP contribution in [0.3, 0.4) is 0 Å². The molecule has 37 heavy (non-hydrogen) atoms. The molecule has 2 nitrogen and oxygen atoms in total. The quantitative estimate of drug-likeness (QED) is 0.274. The second kappa shape index (κ2) is 9.59. The van der Waals surface area contributed by atoms with E-state index in [-0.39, 0.29) is 12.5 Å². The predicted molar refractivity (Wildman–Crippen MR) is 96.7 cm³/mol. The van der Waals surface area contributed by atoms with Gasteiger partial charge in [0.15, 0.2) is 0 Å². The Labute approximate surface area is 199 Å². The van der Waals surface area contributed by atoms with Crippen molar-refractivity contribution in [3.63, 3.8) is 0 Å². The third kappa shape index (κ3) is 5.41. The predicted octanol–water partition coefficient (Wildman–Crippen LogP) is 7.69. The Balaban J connectivity index is 3.54. The summed E-state index contributed by atoms with van der Waals surface area (Å²) in [6.07, 6.45) is -10.6. The number of aliphatic hydroxyl groups is 1. The van der Waals surface area contributed by atoms with Crippen LogP contribution in [0.2, 0.25) is 0 Å². The van der Waals surface area contributed by atoms with Crippen molar-refractivity contribution < 1.29 is 75.7 Å². The van der Waals surface area contributed by atoms with Crippen LogP contribution in [0, 0.1) is 5.92 Å². The fourth-order valence-electron chi connectivity index (χ4n) is 2.93. The van der Waals surface area contributed by atoms with Crippen molar-refractivity contribution in [2.75, 3.05) is 6.61 Å². The first-order valence-corrected chi connectivity index (χ1v) is 9.90. The number of ether oxygens (including phenoxy) is 1. The zero-order chi connectivity index (χ0) is 29.7. The number of benzene rings is 1. The SMILES string of the molecule is CC(C)COc1ccccc1C(C)(O)CC(F)(F)C(F)(F)C(F)(F)C(F)(F)C(F)(F)C(F)(F)C(F)(F)F. The highest BCUT2D eigenvalue weighted by molar-refractivity contribution is 5.38. The van der Waals surface area contributed by atoms with E-state index in [9.17, 15) is 71.0 Å². The highest BCUT2D eigenvalue weighted by Gasteiger charge is 2.93. The number of alkyl halides is 15. The average molecular weight is 576 g/mol. The highest BCUT2D eigenvalue weighted by Crippen LogP contribution is 2.63. The maximum Gasteiger partial charge on any atom is 0.460 e. The minimum absolute atomic E-state index is 0.160. The van der Waals surface area contributed by atoms with E-state index in [2.05, 4.69) is 0 Å². The standard InChI is InChI=1S/C20H19F15O2/c1-10(2)8-37-12-7-5-4-6-11(12)13(3,36)9-14(21,22)15(23,24)16(25,26)17(27,28)18(29,30)19(31,32)20(33,34)35/h4-7,10,36H,8-9H2,1-3H3. The topological polar surface area (TPSA) is 29.5 Å². The summed E-state index contributed by atoms with van der Waals surface area (Å²) in [5.41, 5.74) is -4.13. The van der Waals surface area contributed by atoms with Crippen molar-refractivity contribution >= 4 is 0 Å². The molecule has 0 aliphatic heterocycles. The maximum atomic E-state index is 14.4. The van der Waals surface area contributed by atoms with Crippen LogP contribution in [-0.2, 0) is 5.60 Å². The molecule has 1 unspecified atom stereocenters. The number of hydrogen-bond donors (Lipinski definition) is 1. The van der Waals surface area contributed by atoms with Crippen LogP contribution < -0.4 is 4.74 Å². The van der Waals surface area contributed by atoms with Crippen LogP contribution in [0.15, 0.2) is 24.3 Å². The van der Waals surface area contributed by atoms with E-state index in [1.165, 1.54) is 6.07 Å². The van der Waals surface area contributed by atoms with Gasteiger partial charge in [0.25, 0.3) is 0 Å². The lowest BCUT2D eigenvalue weighted by Crippen LogP contribution is -2.72. The Kier molecular flexibility index (Phi) is 8.55. The van der Waals surface area contributed by atoms with Crippen LogP contribution in [-0.4, -0.2) is 53.4 Å².